The van der Waals surface area contributed by atoms with E-state index in [1.807, 2.05) is 13.8 Å². The maximum absolute atomic E-state index is 13.6. The summed E-state index contributed by atoms with van der Waals surface area (Å²) in [6.45, 7) is 3.81. The average molecular weight is 275 g/mol. The number of anilines is 1. The summed E-state index contributed by atoms with van der Waals surface area (Å²) < 4.78 is 27.2. The van der Waals surface area contributed by atoms with Gasteiger partial charge in [0.2, 0.25) is 0 Å². The van der Waals surface area contributed by atoms with E-state index in [0.717, 1.165) is 23.6 Å². The molecule has 100 valence electrons. The van der Waals surface area contributed by atoms with E-state index in [2.05, 4.69) is 5.32 Å². The molecule has 0 spiro atoms. The normalized spacial score (nSPS) is 12.2. The Morgan fingerprint density at radius 3 is 2.44 bits per heavy atom. The van der Waals surface area contributed by atoms with Crippen LogP contribution in [0.25, 0.3) is 0 Å². The number of carboxylic acid groups (broad SMARTS) is 1. The lowest BCUT2D eigenvalue weighted by Crippen LogP contribution is -2.20. The Balaban J connectivity index is 2.86. The minimum atomic E-state index is -1.35. The first kappa shape index (κ1) is 14.8. The molecule has 0 saturated heterocycles. The van der Waals surface area contributed by atoms with E-state index in [9.17, 15) is 13.6 Å². The van der Waals surface area contributed by atoms with E-state index in [-0.39, 0.29) is 11.7 Å². The van der Waals surface area contributed by atoms with E-state index in [4.69, 9.17) is 5.11 Å². The number of carboxylic acids is 1. The number of carbonyl (C=O) groups is 1. The minimum Gasteiger partial charge on any atom is -0.478 e. The summed E-state index contributed by atoms with van der Waals surface area (Å²) in [5, 5.41) is 11.4. The van der Waals surface area contributed by atoms with E-state index in [1.165, 1.54) is 0 Å². The largest absolute Gasteiger partial charge is 0.478 e. The third-order valence-electron chi connectivity index (χ3n) is 2.25. The van der Waals surface area contributed by atoms with E-state index in [0.29, 0.717) is 0 Å². The molecule has 0 fully saturated rings. The summed E-state index contributed by atoms with van der Waals surface area (Å²) in [4.78, 5) is 10.6. The number of rotatable bonds is 6. The topological polar surface area (TPSA) is 49.3 Å². The highest BCUT2D eigenvalue weighted by Gasteiger charge is 2.16. The summed E-state index contributed by atoms with van der Waals surface area (Å²) in [7, 11) is 0. The predicted molar refractivity (Wildman–Crippen MR) is 69.4 cm³/mol. The maximum atomic E-state index is 13.6. The van der Waals surface area contributed by atoms with Crippen molar-refractivity contribution >= 4 is 23.4 Å². The summed E-state index contributed by atoms with van der Waals surface area (Å²) in [6.07, 6.45) is 0. The van der Waals surface area contributed by atoms with Crippen molar-refractivity contribution in [3.05, 3.63) is 29.3 Å². The first-order valence-corrected chi connectivity index (χ1v) is 6.67. The fourth-order valence-corrected chi connectivity index (χ4v) is 2.09. The van der Waals surface area contributed by atoms with Gasteiger partial charge in [0, 0.05) is 11.8 Å². The smallest absolute Gasteiger partial charge is 0.335 e. The molecule has 1 rings (SSSR count). The van der Waals surface area contributed by atoms with Crippen LogP contribution in [0, 0.1) is 11.6 Å². The zero-order chi connectivity index (χ0) is 13.7. The van der Waals surface area contributed by atoms with Crippen LogP contribution in [-0.2, 0) is 0 Å². The fourth-order valence-electron chi connectivity index (χ4n) is 1.42. The summed E-state index contributed by atoms with van der Waals surface area (Å²) in [5.41, 5.74) is -0.671. The van der Waals surface area contributed by atoms with Gasteiger partial charge in [0.25, 0.3) is 0 Å². The van der Waals surface area contributed by atoms with Gasteiger partial charge in [0.05, 0.1) is 5.56 Å². The quantitative estimate of drug-likeness (QED) is 0.837. The number of aromatic carboxylic acids is 1. The molecule has 2 N–H and O–H groups in total. The van der Waals surface area contributed by atoms with E-state index < -0.39 is 23.2 Å². The van der Waals surface area contributed by atoms with Crippen LogP contribution in [0.15, 0.2) is 12.1 Å². The van der Waals surface area contributed by atoms with Gasteiger partial charge < -0.3 is 10.4 Å². The fraction of sp³-hybridized carbons (Fsp3) is 0.417. The standard InChI is InChI=1S/C12H15F2NO2S/c1-3-18-6-7(2)15-11-9(13)4-8(12(16)17)5-10(11)14/h4-5,7,15H,3,6H2,1-2H3,(H,16,17). The van der Waals surface area contributed by atoms with Gasteiger partial charge >= 0.3 is 5.97 Å². The molecule has 0 aliphatic rings. The Morgan fingerprint density at radius 2 is 2.00 bits per heavy atom. The number of hydrogen-bond donors (Lipinski definition) is 2. The molecule has 6 heteroatoms. The number of thioether (sulfide) groups is 1. The number of nitrogens with one attached hydrogen (secondary N) is 1. The van der Waals surface area contributed by atoms with Crippen LogP contribution in [0.5, 0.6) is 0 Å². The highest BCUT2D eigenvalue weighted by Crippen LogP contribution is 2.22. The third kappa shape index (κ3) is 3.87. The van der Waals surface area contributed by atoms with Crippen molar-refractivity contribution in [2.45, 2.75) is 19.9 Å². The molecule has 0 radical (unpaired) electrons. The van der Waals surface area contributed by atoms with Gasteiger partial charge in [-0.15, -0.1) is 0 Å². The second-order valence-corrected chi connectivity index (χ2v) is 5.14. The SMILES string of the molecule is CCSCC(C)Nc1c(F)cc(C(=O)O)cc1F. The lowest BCUT2D eigenvalue weighted by molar-refractivity contribution is 0.0696. The number of benzene rings is 1. The molecule has 0 amide bonds. The van der Waals surface area contributed by atoms with Crippen LogP contribution < -0.4 is 5.32 Å². The Bertz CT molecular complexity index is 417. The monoisotopic (exact) mass is 275 g/mol. The third-order valence-corrected chi connectivity index (χ3v) is 3.40. The van der Waals surface area contributed by atoms with Crippen molar-refractivity contribution in [1.29, 1.82) is 0 Å². The van der Waals surface area contributed by atoms with E-state index >= 15 is 0 Å². The Morgan fingerprint density at radius 1 is 1.44 bits per heavy atom. The van der Waals surface area contributed by atoms with Crippen LogP contribution in [0.2, 0.25) is 0 Å². The van der Waals surface area contributed by atoms with Crippen LogP contribution >= 0.6 is 11.8 Å². The summed E-state index contributed by atoms with van der Waals surface area (Å²) in [5.74, 6) is -1.49. The molecule has 0 bridgehead atoms. The highest BCUT2D eigenvalue weighted by atomic mass is 32.2. The molecular weight excluding hydrogens is 260 g/mol. The van der Waals surface area contributed by atoms with Crippen molar-refractivity contribution in [2.75, 3.05) is 16.8 Å². The molecule has 18 heavy (non-hydrogen) atoms. The predicted octanol–water partition coefficient (Wildman–Crippen LogP) is 3.22. The van der Waals surface area contributed by atoms with Crippen LogP contribution in [-0.4, -0.2) is 28.6 Å². The summed E-state index contributed by atoms with van der Waals surface area (Å²) in [6, 6.07) is 1.52. The van der Waals surface area contributed by atoms with Crippen LogP contribution in [0.4, 0.5) is 14.5 Å². The van der Waals surface area contributed by atoms with Gasteiger partial charge in [-0.25, -0.2) is 13.6 Å². The molecule has 0 aliphatic carbocycles. The molecule has 0 aliphatic heterocycles. The van der Waals surface area contributed by atoms with E-state index in [1.54, 1.807) is 11.8 Å². The maximum Gasteiger partial charge on any atom is 0.335 e. The second kappa shape index (κ2) is 6.58. The van der Waals surface area contributed by atoms with Crippen molar-refractivity contribution in [3.8, 4) is 0 Å². The van der Waals surface area contributed by atoms with Gasteiger partial charge in [-0.05, 0) is 24.8 Å². The molecule has 0 saturated carbocycles. The molecule has 0 heterocycles. The molecule has 1 aromatic rings. The van der Waals surface area contributed by atoms with Crippen molar-refractivity contribution < 1.29 is 18.7 Å². The Kier molecular flexibility index (Phi) is 5.40. The summed E-state index contributed by atoms with van der Waals surface area (Å²) >= 11 is 1.65. The van der Waals surface area contributed by atoms with Crippen LogP contribution in [0.3, 0.4) is 0 Å². The van der Waals surface area contributed by atoms with Crippen molar-refractivity contribution in [3.63, 3.8) is 0 Å². The first-order chi connectivity index (χ1) is 8.45. The molecule has 3 nitrogen and oxygen atoms in total. The van der Waals surface area contributed by atoms with Crippen molar-refractivity contribution in [2.24, 2.45) is 0 Å². The van der Waals surface area contributed by atoms with Gasteiger partial charge in [-0.3, -0.25) is 0 Å². The Labute approximate surface area is 109 Å². The molecular formula is C12H15F2NO2S. The molecule has 1 unspecified atom stereocenters. The minimum absolute atomic E-state index is 0.102. The first-order valence-electron chi connectivity index (χ1n) is 5.52. The van der Waals surface area contributed by atoms with Gasteiger partial charge in [0.1, 0.15) is 17.3 Å². The average Bonchev–Trinajstić information content (AvgIpc) is 2.30. The molecule has 1 atom stereocenters. The highest BCUT2D eigenvalue weighted by molar-refractivity contribution is 7.99. The number of hydrogen-bond acceptors (Lipinski definition) is 3. The lowest BCUT2D eigenvalue weighted by Gasteiger charge is -2.16. The van der Waals surface area contributed by atoms with Gasteiger partial charge in [0.15, 0.2) is 0 Å². The zero-order valence-corrected chi connectivity index (χ0v) is 11.0. The van der Waals surface area contributed by atoms with Gasteiger partial charge in [-0.2, -0.15) is 11.8 Å². The van der Waals surface area contributed by atoms with Crippen LogP contribution in [0.1, 0.15) is 24.2 Å². The molecule has 0 aromatic heterocycles. The second-order valence-electron chi connectivity index (χ2n) is 3.82. The zero-order valence-electron chi connectivity index (χ0n) is 10.2. The molecule has 1 aromatic carbocycles. The number of halogens is 2. The van der Waals surface area contributed by atoms with Crippen molar-refractivity contribution in [1.82, 2.24) is 0 Å². The Hall–Kier alpha value is -1.30. The van der Waals surface area contributed by atoms with Gasteiger partial charge in [-0.1, -0.05) is 6.92 Å². The lowest BCUT2D eigenvalue weighted by atomic mass is 10.1.